The Balaban J connectivity index is 3.53. The summed E-state index contributed by atoms with van der Waals surface area (Å²) in [7, 11) is 0. The minimum atomic E-state index is -0.843. The fraction of sp³-hybridized carbons (Fsp3) is 0.818. The maximum Gasteiger partial charge on any atom is 0.303 e. The average Bonchev–Trinajstić information content (AvgIpc) is 2.13. The smallest absolute Gasteiger partial charge is 0.303 e. The summed E-state index contributed by atoms with van der Waals surface area (Å²) in [6.07, 6.45) is 0.513. The lowest BCUT2D eigenvalue weighted by Gasteiger charge is -2.11. The third-order valence-electron chi connectivity index (χ3n) is 1.95. The average molecular weight is 231 g/mol. The molecule has 94 valence electrons. The fourth-order valence-corrected chi connectivity index (χ4v) is 1.13. The lowest BCUT2D eigenvalue weighted by atomic mass is 10.1. The van der Waals surface area contributed by atoms with E-state index in [0.29, 0.717) is 19.6 Å². The summed E-state index contributed by atoms with van der Waals surface area (Å²) in [6, 6.07) is 0. The lowest BCUT2D eigenvalue weighted by molar-refractivity contribution is -0.138. The molecule has 0 aromatic rings. The van der Waals surface area contributed by atoms with E-state index in [4.69, 9.17) is 9.84 Å². The molecule has 0 saturated heterocycles. The Labute approximate surface area is 96.2 Å². The molecule has 0 aromatic carbocycles. The largest absolute Gasteiger partial charge is 0.481 e. The molecule has 16 heavy (non-hydrogen) atoms. The Kier molecular flexibility index (Phi) is 7.54. The zero-order valence-corrected chi connectivity index (χ0v) is 10.2. The number of rotatable bonds is 8. The second kappa shape index (κ2) is 8.10. The Morgan fingerprint density at radius 3 is 2.44 bits per heavy atom. The Morgan fingerprint density at radius 2 is 1.94 bits per heavy atom. The van der Waals surface area contributed by atoms with Gasteiger partial charge in [-0.25, -0.2) is 0 Å². The van der Waals surface area contributed by atoms with Gasteiger partial charge in [-0.15, -0.1) is 0 Å². The minimum absolute atomic E-state index is 0.0486. The van der Waals surface area contributed by atoms with E-state index in [0.717, 1.165) is 0 Å². The maximum absolute atomic E-state index is 11.3. The SMILES string of the molecule is CC(CNC(=O)CCOC(C)C)CC(=O)O. The van der Waals surface area contributed by atoms with Crippen molar-refractivity contribution in [3.63, 3.8) is 0 Å². The molecule has 5 nitrogen and oxygen atoms in total. The van der Waals surface area contributed by atoms with Gasteiger partial charge in [0.1, 0.15) is 0 Å². The number of nitrogens with one attached hydrogen (secondary N) is 1. The van der Waals surface area contributed by atoms with Gasteiger partial charge in [0.05, 0.1) is 12.7 Å². The fourth-order valence-electron chi connectivity index (χ4n) is 1.13. The molecule has 1 amide bonds. The topological polar surface area (TPSA) is 75.6 Å². The van der Waals surface area contributed by atoms with Gasteiger partial charge < -0.3 is 15.2 Å². The van der Waals surface area contributed by atoms with E-state index in [1.165, 1.54) is 0 Å². The van der Waals surface area contributed by atoms with Gasteiger partial charge in [-0.3, -0.25) is 9.59 Å². The van der Waals surface area contributed by atoms with Crippen LogP contribution >= 0.6 is 0 Å². The number of carboxylic acid groups (broad SMARTS) is 1. The molecule has 1 atom stereocenters. The first-order chi connectivity index (χ1) is 7.41. The van der Waals surface area contributed by atoms with E-state index in [1.807, 2.05) is 13.8 Å². The highest BCUT2D eigenvalue weighted by atomic mass is 16.5. The molecular weight excluding hydrogens is 210 g/mol. The van der Waals surface area contributed by atoms with Crippen LogP contribution in [0.3, 0.4) is 0 Å². The number of carboxylic acids is 1. The highest BCUT2D eigenvalue weighted by molar-refractivity contribution is 5.76. The summed E-state index contributed by atoms with van der Waals surface area (Å²) < 4.78 is 5.23. The quantitative estimate of drug-likeness (QED) is 0.654. The molecule has 0 radical (unpaired) electrons. The molecule has 0 bridgehead atoms. The van der Waals surface area contributed by atoms with E-state index in [9.17, 15) is 9.59 Å². The molecule has 2 N–H and O–H groups in total. The van der Waals surface area contributed by atoms with Crippen molar-refractivity contribution in [2.45, 2.75) is 39.7 Å². The van der Waals surface area contributed by atoms with Crippen molar-refractivity contribution in [1.29, 1.82) is 0 Å². The van der Waals surface area contributed by atoms with Crippen LogP contribution in [0.2, 0.25) is 0 Å². The van der Waals surface area contributed by atoms with Crippen molar-refractivity contribution in [3.05, 3.63) is 0 Å². The van der Waals surface area contributed by atoms with Crippen LogP contribution in [-0.2, 0) is 14.3 Å². The van der Waals surface area contributed by atoms with Crippen LogP contribution in [-0.4, -0.2) is 36.2 Å². The van der Waals surface area contributed by atoms with Crippen molar-refractivity contribution >= 4 is 11.9 Å². The molecule has 5 heteroatoms. The van der Waals surface area contributed by atoms with Crippen LogP contribution in [0.5, 0.6) is 0 Å². The van der Waals surface area contributed by atoms with E-state index < -0.39 is 5.97 Å². The maximum atomic E-state index is 11.3. The van der Waals surface area contributed by atoms with Gasteiger partial charge in [0.25, 0.3) is 0 Å². The number of carbonyl (C=O) groups is 2. The summed E-state index contributed by atoms with van der Waals surface area (Å²) in [4.78, 5) is 21.6. The number of hydrogen-bond acceptors (Lipinski definition) is 3. The zero-order chi connectivity index (χ0) is 12.6. The normalized spacial score (nSPS) is 12.5. The number of hydrogen-bond donors (Lipinski definition) is 2. The molecule has 0 aliphatic carbocycles. The van der Waals surface area contributed by atoms with Crippen LogP contribution in [0.1, 0.15) is 33.6 Å². The first-order valence-corrected chi connectivity index (χ1v) is 5.52. The minimum Gasteiger partial charge on any atom is -0.481 e. The van der Waals surface area contributed by atoms with Gasteiger partial charge in [0.2, 0.25) is 5.91 Å². The van der Waals surface area contributed by atoms with Crippen molar-refractivity contribution in [3.8, 4) is 0 Å². The van der Waals surface area contributed by atoms with Gasteiger partial charge >= 0.3 is 5.97 Å². The molecule has 0 spiro atoms. The van der Waals surface area contributed by atoms with Crippen molar-refractivity contribution < 1.29 is 19.4 Å². The predicted octanol–water partition coefficient (Wildman–Crippen LogP) is 1.03. The van der Waals surface area contributed by atoms with E-state index in [-0.39, 0.29) is 24.3 Å². The monoisotopic (exact) mass is 231 g/mol. The third-order valence-corrected chi connectivity index (χ3v) is 1.95. The standard InChI is InChI=1S/C11H21NO4/c1-8(2)16-5-4-10(13)12-7-9(3)6-11(14)15/h8-9H,4-7H2,1-3H3,(H,12,13)(H,14,15). The van der Waals surface area contributed by atoms with Crippen LogP contribution in [0.4, 0.5) is 0 Å². The van der Waals surface area contributed by atoms with Crippen LogP contribution in [0.25, 0.3) is 0 Å². The van der Waals surface area contributed by atoms with E-state index >= 15 is 0 Å². The van der Waals surface area contributed by atoms with Gasteiger partial charge in [0.15, 0.2) is 0 Å². The van der Waals surface area contributed by atoms with Crippen molar-refractivity contribution in [1.82, 2.24) is 5.32 Å². The number of aliphatic carboxylic acids is 1. The molecule has 1 unspecified atom stereocenters. The summed E-state index contributed by atoms with van der Waals surface area (Å²) in [5.41, 5.74) is 0. The molecule has 0 heterocycles. The molecule has 0 fully saturated rings. The molecule has 0 aromatic heterocycles. The third kappa shape index (κ3) is 9.45. The second-order valence-electron chi connectivity index (χ2n) is 4.18. The summed E-state index contributed by atoms with van der Waals surface area (Å²) in [5, 5.41) is 11.2. The van der Waals surface area contributed by atoms with Crippen LogP contribution in [0.15, 0.2) is 0 Å². The van der Waals surface area contributed by atoms with Gasteiger partial charge in [0, 0.05) is 19.4 Å². The summed E-state index contributed by atoms with van der Waals surface area (Å²) in [6.45, 7) is 6.41. The second-order valence-corrected chi connectivity index (χ2v) is 4.18. The highest BCUT2D eigenvalue weighted by Gasteiger charge is 2.09. The Morgan fingerprint density at radius 1 is 1.31 bits per heavy atom. The van der Waals surface area contributed by atoms with Crippen molar-refractivity contribution in [2.75, 3.05) is 13.2 Å². The number of amides is 1. The predicted molar refractivity (Wildman–Crippen MR) is 60.1 cm³/mol. The zero-order valence-electron chi connectivity index (χ0n) is 10.2. The van der Waals surface area contributed by atoms with Crippen LogP contribution < -0.4 is 5.32 Å². The first-order valence-electron chi connectivity index (χ1n) is 5.52. The van der Waals surface area contributed by atoms with Crippen LogP contribution in [0, 0.1) is 5.92 Å². The van der Waals surface area contributed by atoms with Gasteiger partial charge in [-0.1, -0.05) is 6.92 Å². The highest BCUT2D eigenvalue weighted by Crippen LogP contribution is 1.99. The van der Waals surface area contributed by atoms with E-state index in [1.54, 1.807) is 6.92 Å². The molecule has 0 aliphatic rings. The molecule has 0 saturated carbocycles. The first kappa shape index (κ1) is 14.9. The van der Waals surface area contributed by atoms with Crippen molar-refractivity contribution in [2.24, 2.45) is 5.92 Å². The number of ether oxygens (including phenoxy) is 1. The molecule has 0 aliphatic heterocycles. The molecule has 0 rings (SSSR count). The van der Waals surface area contributed by atoms with E-state index in [2.05, 4.69) is 5.32 Å². The summed E-state index contributed by atoms with van der Waals surface area (Å²) in [5.74, 6) is -0.991. The summed E-state index contributed by atoms with van der Waals surface area (Å²) >= 11 is 0. The number of carbonyl (C=O) groups excluding carboxylic acids is 1. The van der Waals surface area contributed by atoms with Gasteiger partial charge in [-0.05, 0) is 19.8 Å². The van der Waals surface area contributed by atoms with Gasteiger partial charge in [-0.2, -0.15) is 0 Å². The Bertz CT molecular complexity index is 228. The lowest BCUT2D eigenvalue weighted by Crippen LogP contribution is -2.30. The Hall–Kier alpha value is -1.10. The molecular formula is C11H21NO4.